The minimum absolute atomic E-state index is 0.112. The Kier molecular flexibility index (Phi) is 3.97. The van der Waals surface area contributed by atoms with Gasteiger partial charge in [-0.05, 0) is 30.8 Å². The van der Waals surface area contributed by atoms with Gasteiger partial charge in [-0.1, -0.05) is 16.6 Å². The molecule has 1 atom stereocenters. The van der Waals surface area contributed by atoms with Gasteiger partial charge in [-0.2, -0.15) is 0 Å². The molecule has 0 saturated carbocycles. The Morgan fingerprint density at radius 1 is 1.24 bits per heavy atom. The van der Waals surface area contributed by atoms with E-state index in [-0.39, 0.29) is 6.04 Å². The third-order valence-corrected chi connectivity index (χ3v) is 5.31. The quantitative estimate of drug-likeness (QED) is 0.556. The lowest BCUT2D eigenvalue weighted by molar-refractivity contribution is 0.485. The Labute approximate surface area is 150 Å². The van der Waals surface area contributed by atoms with Gasteiger partial charge in [0.2, 0.25) is 5.13 Å². The van der Waals surface area contributed by atoms with Crippen LogP contribution < -0.4 is 5.73 Å². The predicted octanol–water partition coefficient (Wildman–Crippen LogP) is 1.86. The monoisotopic (exact) mass is 375 g/mol. The Morgan fingerprint density at radius 2 is 2.12 bits per heavy atom. The molecule has 0 amide bonds. The number of aryl methyl sites for hydroxylation is 1. The summed E-state index contributed by atoms with van der Waals surface area (Å²) >= 11 is 2.71. The van der Waals surface area contributed by atoms with Crippen molar-refractivity contribution in [1.82, 2.24) is 40.0 Å². The second-order valence-electron chi connectivity index (χ2n) is 5.18. The van der Waals surface area contributed by atoms with Gasteiger partial charge < -0.3 is 14.7 Å². The second kappa shape index (κ2) is 6.29. The number of furan rings is 1. The molecule has 10 nitrogen and oxygen atoms in total. The van der Waals surface area contributed by atoms with Crippen LogP contribution in [0.5, 0.6) is 0 Å². The van der Waals surface area contributed by atoms with Crippen LogP contribution in [0, 0.1) is 0 Å². The first kappa shape index (κ1) is 15.8. The predicted molar refractivity (Wildman–Crippen MR) is 91.0 cm³/mol. The van der Waals surface area contributed by atoms with E-state index in [1.165, 1.54) is 23.1 Å². The molecule has 0 saturated heterocycles. The smallest absolute Gasteiger partial charge is 0.203 e. The minimum Gasteiger partial charge on any atom is -0.448 e. The Bertz CT molecular complexity index is 1000. The topological polar surface area (TPSA) is 126 Å². The maximum Gasteiger partial charge on any atom is 0.203 e. The van der Waals surface area contributed by atoms with Crippen molar-refractivity contribution in [2.45, 2.75) is 23.2 Å². The highest BCUT2D eigenvalue weighted by atomic mass is 32.2. The van der Waals surface area contributed by atoms with Crippen molar-refractivity contribution in [1.29, 1.82) is 0 Å². The average molecular weight is 375 g/mol. The molecule has 4 heterocycles. The van der Waals surface area contributed by atoms with Crippen LogP contribution in [-0.2, 0) is 7.05 Å². The molecule has 0 aliphatic carbocycles. The lowest BCUT2D eigenvalue weighted by Gasteiger charge is -2.05. The van der Waals surface area contributed by atoms with Gasteiger partial charge in [-0.15, -0.1) is 25.5 Å². The van der Waals surface area contributed by atoms with Gasteiger partial charge in [0, 0.05) is 7.05 Å². The minimum atomic E-state index is -0.112. The summed E-state index contributed by atoms with van der Waals surface area (Å²) in [6.07, 6.45) is 3.44. The van der Waals surface area contributed by atoms with Crippen LogP contribution in [0.4, 0.5) is 5.13 Å². The van der Waals surface area contributed by atoms with Crippen molar-refractivity contribution in [3.63, 3.8) is 0 Å². The lowest BCUT2D eigenvalue weighted by atomic mass is 10.3. The number of rotatable bonds is 5. The molecule has 128 valence electrons. The molecule has 0 aliphatic heterocycles. The first-order chi connectivity index (χ1) is 12.1. The molecule has 0 aromatic carbocycles. The summed E-state index contributed by atoms with van der Waals surface area (Å²) in [5.74, 6) is 0.625. The number of hydrogen-bond acceptors (Lipinski definition) is 10. The molecule has 4 aromatic rings. The molecule has 25 heavy (non-hydrogen) atoms. The largest absolute Gasteiger partial charge is 0.448 e. The molecule has 4 rings (SSSR count). The fourth-order valence-corrected chi connectivity index (χ4v) is 3.46. The molecule has 0 spiro atoms. The summed E-state index contributed by atoms with van der Waals surface area (Å²) in [5.41, 5.74) is 6.26. The molecule has 2 N–H and O–H groups in total. The Morgan fingerprint density at radius 3 is 2.84 bits per heavy atom. The van der Waals surface area contributed by atoms with E-state index in [2.05, 4.69) is 30.7 Å². The zero-order valence-corrected chi connectivity index (χ0v) is 14.9. The van der Waals surface area contributed by atoms with Gasteiger partial charge in [0.25, 0.3) is 0 Å². The molecule has 0 fully saturated rings. The van der Waals surface area contributed by atoms with Crippen LogP contribution in [0.15, 0.2) is 39.3 Å². The van der Waals surface area contributed by atoms with E-state index in [0.717, 1.165) is 10.2 Å². The van der Waals surface area contributed by atoms with E-state index in [1.807, 2.05) is 30.7 Å². The highest BCUT2D eigenvalue weighted by Gasteiger charge is 2.17. The third-order valence-electron chi connectivity index (χ3n) is 3.42. The van der Waals surface area contributed by atoms with Crippen LogP contribution >= 0.6 is 23.1 Å². The average Bonchev–Trinajstić information content (AvgIpc) is 3.36. The highest BCUT2D eigenvalue weighted by Crippen LogP contribution is 2.31. The van der Waals surface area contributed by atoms with Crippen LogP contribution in [0.25, 0.3) is 11.5 Å². The molecular formula is C13H13N9OS2. The van der Waals surface area contributed by atoms with E-state index in [9.17, 15) is 0 Å². The molecule has 0 radical (unpaired) electrons. The maximum absolute atomic E-state index is 5.82. The van der Waals surface area contributed by atoms with Gasteiger partial charge in [0.1, 0.15) is 23.1 Å². The van der Waals surface area contributed by atoms with Crippen LogP contribution in [-0.4, -0.2) is 40.0 Å². The molecule has 1 unspecified atom stereocenters. The normalized spacial score (nSPS) is 12.6. The zero-order chi connectivity index (χ0) is 17.4. The fourth-order valence-electron chi connectivity index (χ4n) is 2.08. The third kappa shape index (κ3) is 3.13. The number of nitrogens with zero attached hydrogens (tertiary/aromatic N) is 8. The Hall–Kier alpha value is -2.73. The summed E-state index contributed by atoms with van der Waals surface area (Å²) in [6, 6.07) is 3.60. The first-order valence-corrected chi connectivity index (χ1v) is 8.86. The van der Waals surface area contributed by atoms with Crippen LogP contribution in [0.2, 0.25) is 0 Å². The van der Waals surface area contributed by atoms with Gasteiger partial charge in [-0.3, -0.25) is 0 Å². The van der Waals surface area contributed by atoms with Crippen LogP contribution in [0.3, 0.4) is 0 Å². The van der Waals surface area contributed by atoms with Crippen LogP contribution in [0.1, 0.15) is 18.0 Å². The van der Waals surface area contributed by atoms with E-state index < -0.39 is 0 Å². The molecule has 12 heteroatoms. The molecule has 4 aromatic heterocycles. The number of hydrogen-bond donors (Lipinski definition) is 1. The SMILES string of the molecule is CC(c1nnc(N)s1)n1cc(-c2ccc(Sc3nncn3C)o2)nn1. The van der Waals surface area contributed by atoms with E-state index in [0.29, 0.717) is 21.7 Å². The number of nitrogens with two attached hydrogens (primary N) is 1. The van der Waals surface area contributed by atoms with Crippen molar-refractivity contribution < 1.29 is 4.42 Å². The van der Waals surface area contributed by atoms with Gasteiger partial charge in [-0.25, -0.2) is 4.68 Å². The Balaban J connectivity index is 1.53. The molecule has 0 bridgehead atoms. The second-order valence-corrected chi connectivity index (χ2v) is 7.20. The summed E-state index contributed by atoms with van der Waals surface area (Å²) in [5, 5.41) is 26.7. The summed E-state index contributed by atoms with van der Waals surface area (Å²) in [6.45, 7) is 1.95. The lowest BCUT2D eigenvalue weighted by Crippen LogP contribution is -2.07. The van der Waals surface area contributed by atoms with Gasteiger partial charge in [0.15, 0.2) is 16.0 Å². The van der Waals surface area contributed by atoms with Crippen molar-refractivity contribution >= 4 is 28.2 Å². The number of anilines is 1. The number of nitrogen functional groups attached to an aromatic ring is 1. The van der Waals surface area contributed by atoms with Gasteiger partial charge >= 0.3 is 0 Å². The van der Waals surface area contributed by atoms with E-state index >= 15 is 0 Å². The van der Waals surface area contributed by atoms with E-state index in [4.69, 9.17) is 10.2 Å². The molecular weight excluding hydrogens is 362 g/mol. The zero-order valence-electron chi connectivity index (χ0n) is 13.3. The first-order valence-electron chi connectivity index (χ1n) is 7.23. The summed E-state index contributed by atoms with van der Waals surface area (Å²) in [7, 11) is 1.87. The van der Waals surface area contributed by atoms with Gasteiger partial charge in [0.05, 0.1) is 6.20 Å². The van der Waals surface area contributed by atoms with Crippen molar-refractivity contribution in [3.8, 4) is 11.5 Å². The van der Waals surface area contributed by atoms with Crippen molar-refractivity contribution in [2.24, 2.45) is 7.05 Å². The standard InChI is InChI=1S/C13H13N9OS2/c1-7(11-17-18-12(14)25-11)22-5-8(16-20-22)9-3-4-10(23-9)24-13-19-15-6-21(13)2/h3-7H,1-2H3,(H2,14,18). The fraction of sp³-hybridized carbons (Fsp3) is 0.231. The van der Waals surface area contributed by atoms with E-state index in [1.54, 1.807) is 17.2 Å². The summed E-state index contributed by atoms with van der Waals surface area (Å²) < 4.78 is 9.34. The van der Waals surface area contributed by atoms with Crippen molar-refractivity contribution in [2.75, 3.05) is 5.73 Å². The maximum atomic E-state index is 5.82. The number of aromatic nitrogens is 8. The molecule has 0 aliphatic rings. The van der Waals surface area contributed by atoms with Crippen molar-refractivity contribution in [3.05, 3.63) is 29.7 Å². The summed E-state index contributed by atoms with van der Waals surface area (Å²) in [4.78, 5) is 0. The highest BCUT2D eigenvalue weighted by molar-refractivity contribution is 7.99.